The van der Waals surface area contributed by atoms with E-state index in [1.54, 1.807) is 0 Å². The van der Waals surface area contributed by atoms with Crippen molar-refractivity contribution in [1.82, 2.24) is 0 Å². The highest BCUT2D eigenvalue weighted by molar-refractivity contribution is 5.93. The van der Waals surface area contributed by atoms with Gasteiger partial charge in [0.2, 0.25) is 0 Å². The Labute approximate surface area is 229 Å². The molecule has 186 valence electrons. The quantitative estimate of drug-likeness (QED) is 0.233. The molecule has 2 heteroatoms. The van der Waals surface area contributed by atoms with Crippen molar-refractivity contribution in [2.45, 2.75) is 6.61 Å². The van der Waals surface area contributed by atoms with Crippen LogP contribution in [0.4, 0.5) is 17.1 Å². The monoisotopic (exact) mass is 501 g/mol. The number of hydrogen-bond donors (Lipinski definition) is 0. The lowest BCUT2D eigenvalue weighted by Crippen LogP contribution is -2.14. The van der Waals surface area contributed by atoms with Crippen molar-refractivity contribution in [2.24, 2.45) is 0 Å². The molecule has 0 bridgehead atoms. The largest absolute Gasteiger partial charge is 0.488 e. The van der Waals surface area contributed by atoms with Gasteiger partial charge in [0.25, 0.3) is 0 Å². The van der Waals surface area contributed by atoms with Crippen LogP contribution in [0, 0.1) is 0 Å². The molecular formula is C37H27NO. The van der Waals surface area contributed by atoms with Gasteiger partial charge in [-0.05, 0) is 69.8 Å². The minimum atomic E-state index is 0.587. The number of ether oxygens (including phenoxy) is 1. The number of fused-ring (bicyclic) bond motifs is 3. The van der Waals surface area contributed by atoms with Gasteiger partial charge in [0.05, 0.1) is 5.69 Å². The summed E-state index contributed by atoms with van der Waals surface area (Å²) in [6, 6.07) is 53.6. The summed E-state index contributed by atoms with van der Waals surface area (Å²) in [4.78, 5) is 2.34. The zero-order valence-corrected chi connectivity index (χ0v) is 21.5. The first kappa shape index (κ1) is 23.1. The van der Waals surface area contributed by atoms with Crippen molar-refractivity contribution in [3.63, 3.8) is 0 Å². The first-order chi connectivity index (χ1) is 19.3. The summed E-state index contributed by atoms with van der Waals surface area (Å²) >= 11 is 0. The molecule has 0 unspecified atom stereocenters. The zero-order chi connectivity index (χ0) is 26.0. The summed E-state index contributed by atoms with van der Waals surface area (Å²) < 4.78 is 6.24. The molecule has 0 fully saturated rings. The van der Waals surface area contributed by atoms with Crippen molar-refractivity contribution < 1.29 is 4.74 Å². The molecule has 0 aliphatic carbocycles. The summed E-state index contributed by atoms with van der Waals surface area (Å²) in [5, 5.41) is 0. The third-order valence-electron chi connectivity index (χ3n) is 7.38. The molecule has 6 aromatic rings. The average Bonchev–Trinajstić information content (AvgIpc) is 3.03. The fourth-order valence-corrected chi connectivity index (χ4v) is 5.44. The van der Waals surface area contributed by atoms with Crippen LogP contribution in [0.15, 0.2) is 152 Å². The Bertz CT molecular complexity index is 1640. The van der Waals surface area contributed by atoms with Crippen LogP contribution in [0.25, 0.3) is 33.4 Å². The first-order valence-electron chi connectivity index (χ1n) is 13.3. The number of hydrogen-bond acceptors (Lipinski definition) is 2. The van der Waals surface area contributed by atoms with Gasteiger partial charge in [-0.25, -0.2) is 0 Å². The van der Waals surface area contributed by atoms with Gasteiger partial charge in [-0.2, -0.15) is 0 Å². The molecule has 0 spiro atoms. The van der Waals surface area contributed by atoms with E-state index in [9.17, 15) is 0 Å². The van der Waals surface area contributed by atoms with Crippen LogP contribution < -0.4 is 9.64 Å². The molecule has 0 N–H and O–H groups in total. The standard InChI is InChI=1S/C37H27NO/c1-3-10-27(11-4-1)29-18-22-32(23-19-29)38(33-24-20-30(21-25-33)28-12-5-2-6-13-28)35-16-9-17-36-37(35)34-15-8-7-14-31(34)26-39-36/h1-25H,26H2. The fourth-order valence-electron chi connectivity index (χ4n) is 5.44. The molecule has 6 aromatic carbocycles. The Morgan fingerprint density at radius 3 is 1.54 bits per heavy atom. The van der Waals surface area contributed by atoms with Crippen LogP contribution in [-0.4, -0.2) is 0 Å². The third-order valence-corrected chi connectivity index (χ3v) is 7.38. The number of nitrogens with zero attached hydrogens (tertiary/aromatic N) is 1. The molecule has 0 amide bonds. The Hall–Kier alpha value is -5.08. The first-order valence-corrected chi connectivity index (χ1v) is 13.3. The highest BCUT2D eigenvalue weighted by atomic mass is 16.5. The summed E-state index contributed by atoms with van der Waals surface area (Å²) in [7, 11) is 0. The summed E-state index contributed by atoms with van der Waals surface area (Å²) in [6.07, 6.45) is 0. The normalized spacial score (nSPS) is 11.7. The average molecular weight is 502 g/mol. The summed E-state index contributed by atoms with van der Waals surface area (Å²) in [6.45, 7) is 0.587. The molecule has 0 saturated carbocycles. The van der Waals surface area contributed by atoms with Gasteiger partial charge in [-0.1, -0.05) is 115 Å². The molecule has 7 rings (SSSR count). The van der Waals surface area contributed by atoms with E-state index in [-0.39, 0.29) is 0 Å². The van der Waals surface area contributed by atoms with Crippen LogP contribution in [0.2, 0.25) is 0 Å². The number of benzene rings is 6. The van der Waals surface area contributed by atoms with Gasteiger partial charge in [0, 0.05) is 16.9 Å². The van der Waals surface area contributed by atoms with E-state index in [1.807, 2.05) is 0 Å². The second-order valence-electron chi connectivity index (χ2n) is 9.76. The molecule has 0 aromatic heterocycles. The van der Waals surface area contributed by atoms with Crippen LogP contribution in [0.5, 0.6) is 5.75 Å². The lowest BCUT2D eigenvalue weighted by molar-refractivity contribution is 0.302. The van der Waals surface area contributed by atoms with Crippen molar-refractivity contribution in [2.75, 3.05) is 4.90 Å². The van der Waals surface area contributed by atoms with Crippen LogP contribution >= 0.6 is 0 Å². The molecule has 1 heterocycles. The molecule has 39 heavy (non-hydrogen) atoms. The summed E-state index contributed by atoms with van der Waals surface area (Å²) in [5.41, 5.74) is 11.7. The molecule has 0 radical (unpaired) electrons. The topological polar surface area (TPSA) is 12.5 Å². The smallest absolute Gasteiger partial charge is 0.129 e. The predicted molar refractivity (Wildman–Crippen MR) is 162 cm³/mol. The fraction of sp³-hybridized carbons (Fsp3) is 0.0270. The zero-order valence-electron chi connectivity index (χ0n) is 21.5. The lowest BCUT2D eigenvalue weighted by atomic mass is 9.94. The SMILES string of the molecule is c1ccc(-c2ccc(N(c3ccc(-c4ccccc4)cc3)c3cccc4c3-c3ccccc3CO4)cc2)cc1. The van der Waals surface area contributed by atoms with Crippen LogP contribution in [-0.2, 0) is 6.61 Å². The number of rotatable bonds is 5. The minimum absolute atomic E-state index is 0.587. The molecule has 1 aliphatic heterocycles. The minimum Gasteiger partial charge on any atom is -0.488 e. The van der Waals surface area contributed by atoms with Gasteiger partial charge in [-0.3, -0.25) is 0 Å². The second kappa shape index (κ2) is 10.00. The Morgan fingerprint density at radius 2 is 0.949 bits per heavy atom. The van der Waals surface area contributed by atoms with Gasteiger partial charge in [0.15, 0.2) is 0 Å². The number of anilines is 3. The maximum absolute atomic E-state index is 6.24. The van der Waals surface area contributed by atoms with Crippen LogP contribution in [0.3, 0.4) is 0 Å². The van der Waals surface area contributed by atoms with Gasteiger partial charge < -0.3 is 9.64 Å². The van der Waals surface area contributed by atoms with E-state index in [4.69, 9.17) is 4.74 Å². The second-order valence-corrected chi connectivity index (χ2v) is 9.76. The van der Waals surface area contributed by atoms with E-state index in [2.05, 4.69) is 157 Å². The predicted octanol–water partition coefficient (Wildman–Crippen LogP) is 10.0. The Balaban J connectivity index is 1.38. The van der Waals surface area contributed by atoms with Crippen molar-refractivity contribution in [3.05, 3.63) is 157 Å². The third kappa shape index (κ3) is 4.36. The highest BCUT2D eigenvalue weighted by Gasteiger charge is 2.24. The molecular weight excluding hydrogens is 474 g/mol. The molecule has 2 nitrogen and oxygen atoms in total. The van der Waals surface area contributed by atoms with Gasteiger partial charge >= 0.3 is 0 Å². The highest BCUT2D eigenvalue weighted by Crippen LogP contribution is 2.48. The Kier molecular flexibility index (Phi) is 5.91. The van der Waals surface area contributed by atoms with Gasteiger partial charge in [-0.15, -0.1) is 0 Å². The summed E-state index contributed by atoms with van der Waals surface area (Å²) in [5.74, 6) is 0.915. The van der Waals surface area contributed by atoms with E-state index in [1.165, 1.54) is 33.4 Å². The van der Waals surface area contributed by atoms with Crippen LogP contribution in [0.1, 0.15) is 5.56 Å². The van der Waals surface area contributed by atoms with Crippen molar-refractivity contribution in [3.8, 4) is 39.1 Å². The van der Waals surface area contributed by atoms with Crippen molar-refractivity contribution in [1.29, 1.82) is 0 Å². The molecule has 1 aliphatic rings. The maximum atomic E-state index is 6.24. The van der Waals surface area contributed by atoms with Gasteiger partial charge in [0.1, 0.15) is 12.4 Å². The van der Waals surface area contributed by atoms with E-state index < -0.39 is 0 Å². The van der Waals surface area contributed by atoms with E-state index >= 15 is 0 Å². The Morgan fingerprint density at radius 1 is 0.436 bits per heavy atom. The van der Waals surface area contributed by atoms with Crippen molar-refractivity contribution >= 4 is 17.1 Å². The van der Waals surface area contributed by atoms with E-state index in [0.29, 0.717) is 6.61 Å². The molecule has 0 saturated heterocycles. The molecule has 0 atom stereocenters. The maximum Gasteiger partial charge on any atom is 0.129 e. The lowest BCUT2D eigenvalue weighted by Gasteiger charge is -2.31. The van der Waals surface area contributed by atoms with E-state index in [0.717, 1.165) is 28.4 Å².